The molecule has 5 N–H and O–H groups in total. The third-order valence-corrected chi connectivity index (χ3v) is 2.54. The lowest BCUT2D eigenvalue weighted by Gasteiger charge is -2.16. The minimum atomic E-state index is -1.35. The van der Waals surface area contributed by atoms with Gasteiger partial charge in [0.15, 0.2) is 6.23 Å². The predicted molar refractivity (Wildman–Crippen MR) is 53.7 cm³/mol. The first kappa shape index (κ1) is 11.9. The molecule has 0 aromatic carbocycles. The van der Waals surface area contributed by atoms with Gasteiger partial charge >= 0.3 is 5.69 Å². The summed E-state index contributed by atoms with van der Waals surface area (Å²) in [7, 11) is 0. The molecule has 9 nitrogen and oxygen atoms in total. The van der Waals surface area contributed by atoms with Gasteiger partial charge in [0.25, 0.3) is 0 Å². The highest BCUT2D eigenvalue weighted by atomic mass is 16.6. The summed E-state index contributed by atoms with van der Waals surface area (Å²) in [4.78, 5) is 18.4. The number of nitrogen functional groups attached to an aromatic ring is 1. The highest BCUT2D eigenvalue weighted by Crippen LogP contribution is 2.27. The zero-order chi connectivity index (χ0) is 12.6. The van der Waals surface area contributed by atoms with E-state index < -0.39 is 36.8 Å². The average molecular weight is 244 g/mol. The third-order valence-electron chi connectivity index (χ3n) is 2.54. The summed E-state index contributed by atoms with van der Waals surface area (Å²) in [5.74, 6) is -0.196. The largest absolute Gasteiger partial charge is 0.394 e. The van der Waals surface area contributed by atoms with Crippen LogP contribution in [0.1, 0.15) is 6.23 Å². The van der Waals surface area contributed by atoms with Gasteiger partial charge in [-0.1, -0.05) is 0 Å². The fraction of sp³-hybridized carbons (Fsp3) is 0.625. The van der Waals surface area contributed by atoms with Crippen molar-refractivity contribution in [1.82, 2.24) is 14.5 Å². The summed E-state index contributed by atoms with van der Waals surface area (Å²) in [5.41, 5.74) is 4.46. The zero-order valence-electron chi connectivity index (χ0n) is 8.67. The van der Waals surface area contributed by atoms with E-state index in [2.05, 4.69) is 9.97 Å². The highest BCUT2D eigenvalue weighted by Gasteiger charge is 2.43. The Bertz CT molecular complexity index is 463. The monoisotopic (exact) mass is 244 g/mol. The minimum absolute atomic E-state index is 0.196. The molecule has 1 fully saturated rings. The standard InChI is InChI=1S/C8H12N4O5/c9-7-10-2-12(8(16)11-7)6-5(15)4(14)3(1-13)17-6/h2-6,13-15H,1H2,(H2,9,11,16)/t3-,4+,5?,6?/m1/s1. The molecular formula is C8H12N4O5. The molecule has 2 heterocycles. The molecule has 1 aromatic heterocycles. The van der Waals surface area contributed by atoms with Crippen LogP contribution in [-0.4, -0.2) is 54.8 Å². The van der Waals surface area contributed by atoms with Gasteiger partial charge in [0, 0.05) is 0 Å². The molecule has 94 valence electrons. The van der Waals surface area contributed by atoms with Crippen molar-refractivity contribution in [3.05, 3.63) is 16.8 Å². The maximum absolute atomic E-state index is 11.5. The van der Waals surface area contributed by atoms with E-state index in [0.717, 1.165) is 10.9 Å². The van der Waals surface area contributed by atoms with Gasteiger partial charge in [-0.2, -0.15) is 4.98 Å². The topological polar surface area (TPSA) is 144 Å². The molecule has 2 rings (SSSR count). The number of aliphatic hydroxyl groups is 3. The second-order valence-corrected chi connectivity index (χ2v) is 3.63. The molecular weight excluding hydrogens is 232 g/mol. The fourth-order valence-electron chi connectivity index (χ4n) is 1.64. The Hall–Kier alpha value is -1.55. The number of aliphatic hydroxyl groups excluding tert-OH is 3. The van der Waals surface area contributed by atoms with Gasteiger partial charge in [-0.15, -0.1) is 0 Å². The third kappa shape index (κ3) is 2.00. The van der Waals surface area contributed by atoms with Crippen molar-refractivity contribution in [2.45, 2.75) is 24.5 Å². The first-order valence-electron chi connectivity index (χ1n) is 4.87. The smallest absolute Gasteiger partial charge is 0.354 e. The van der Waals surface area contributed by atoms with E-state index in [0.29, 0.717) is 0 Å². The van der Waals surface area contributed by atoms with E-state index in [1.54, 1.807) is 0 Å². The van der Waals surface area contributed by atoms with Crippen LogP contribution in [0.3, 0.4) is 0 Å². The van der Waals surface area contributed by atoms with Crippen LogP contribution >= 0.6 is 0 Å². The van der Waals surface area contributed by atoms with Gasteiger partial charge in [0.2, 0.25) is 5.95 Å². The van der Waals surface area contributed by atoms with Gasteiger partial charge < -0.3 is 25.8 Å². The van der Waals surface area contributed by atoms with E-state index in [1.165, 1.54) is 0 Å². The van der Waals surface area contributed by atoms with Crippen LogP contribution in [0.2, 0.25) is 0 Å². The van der Waals surface area contributed by atoms with Crippen LogP contribution in [0.5, 0.6) is 0 Å². The van der Waals surface area contributed by atoms with Gasteiger partial charge in [0.1, 0.15) is 24.6 Å². The quantitative estimate of drug-likeness (QED) is 0.426. The van der Waals surface area contributed by atoms with Crippen molar-refractivity contribution in [1.29, 1.82) is 0 Å². The summed E-state index contributed by atoms with van der Waals surface area (Å²) < 4.78 is 6.04. The summed E-state index contributed by atoms with van der Waals surface area (Å²) in [6, 6.07) is 0. The molecule has 1 aliphatic rings. The van der Waals surface area contributed by atoms with Crippen LogP contribution in [0.25, 0.3) is 0 Å². The number of aromatic nitrogens is 3. The van der Waals surface area contributed by atoms with Gasteiger partial charge in [-0.05, 0) is 0 Å². The number of hydrogen-bond donors (Lipinski definition) is 4. The molecule has 1 saturated heterocycles. The molecule has 0 aliphatic carbocycles. The van der Waals surface area contributed by atoms with Crippen LogP contribution in [0.15, 0.2) is 11.1 Å². The lowest BCUT2D eigenvalue weighted by Crippen LogP contribution is -2.36. The Kier molecular flexibility index (Phi) is 3.07. The first-order chi connectivity index (χ1) is 8.04. The second-order valence-electron chi connectivity index (χ2n) is 3.63. The Morgan fingerprint density at radius 1 is 1.47 bits per heavy atom. The molecule has 17 heavy (non-hydrogen) atoms. The molecule has 9 heteroatoms. The number of ether oxygens (including phenoxy) is 1. The summed E-state index contributed by atoms with van der Waals surface area (Å²) >= 11 is 0. The van der Waals surface area contributed by atoms with Crippen LogP contribution in [0, 0.1) is 0 Å². The lowest BCUT2D eigenvalue weighted by molar-refractivity contribution is -0.0554. The molecule has 1 aliphatic heterocycles. The van der Waals surface area contributed by atoms with Crippen molar-refractivity contribution in [3.8, 4) is 0 Å². The van der Waals surface area contributed by atoms with Crippen molar-refractivity contribution in [3.63, 3.8) is 0 Å². The van der Waals surface area contributed by atoms with Crippen molar-refractivity contribution >= 4 is 5.95 Å². The Labute approximate surface area is 95.1 Å². The molecule has 0 saturated carbocycles. The average Bonchev–Trinajstić information content (AvgIpc) is 2.57. The van der Waals surface area contributed by atoms with Crippen LogP contribution in [0.4, 0.5) is 5.95 Å². The first-order valence-corrected chi connectivity index (χ1v) is 4.87. The molecule has 1 aromatic rings. The maximum Gasteiger partial charge on any atom is 0.354 e. The van der Waals surface area contributed by atoms with Crippen molar-refractivity contribution in [2.75, 3.05) is 12.3 Å². The second kappa shape index (κ2) is 4.37. The molecule has 0 bridgehead atoms. The molecule has 4 atom stereocenters. The Morgan fingerprint density at radius 3 is 2.71 bits per heavy atom. The van der Waals surface area contributed by atoms with Crippen LogP contribution < -0.4 is 11.4 Å². The van der Waals surface area contributed by atoms with Gasteiger partial charge in [-0.3, -0.25) is 4.57 Å². The number of hydrogen-bond acceptors (Lipinski definition) is 8. The van der Waals surface area contributed by atoms with Gasteiger partial charge in [-0.25, -0.2) is 9.78 Å². The van der Waals surface area contributed by atoms with E-state index in [-0.39, 0.29) is 5.95 Å². The Balaban J connectivity index is 2.32. The number of anilines is 1. The maximum atomic E-state index is 11.5. The van der Waals surface area contributed by atoms with E-state index in [4.69, 9.17) is 15.6 Å². The van der Waals surface area contributed by atoms with Crippen molar-refractivity contribution in [2.24, 2.45) is 0 Å². The van der Waals surface area contributed by atoms with E-state index in [9.17, 15) is 15.0 Å². The molecule has 0 amide bonds. The van der Waals surface area contributed by atoms with E-state index in [1.807, 2.05) is 0 Å². The van der Waals surface area contributed by atoms with Crippen molar-refractivity contribution < 1.29 is 20.1 Å². The molecule has 0 radical (unpaired) electrons. The zero-order valence-corrected chi connectivity index (χ0v) is 8.67. The van der Waals surface area contributed by atoms with E-state index >= 15 is 0 Å². The number of rotatable bonds is 2. The Morgan fingerprint density at radius 2 is 2.18 bits per heavy atom. The molecule has 2 unspecified atom stereocenters. The SMILES string of the molecule is Nc1ncn(C2O[C@H](CO)[C@H](O)C2O)c(=O)n1. The minimum Gasteiger partial charge on any atom is -0.394 e. The predicted octanol–water partition coefficient (Wildman–Crippen LogP) is -3.17. The summed E-state index contributed by atoms with van der Waals surface area (Å²) in [5, 5.41) is 28.1. The summed E-state index contributed by atoms with van der Waals surface area (Å²) in [6.45, 7) is -0.473. The fourth-order valence-corrected chi connectivity index (χ4v) is 1.64. The normalized spacial score (nSPS) is 32.9. The lowest BCUT2D eigenvalue weighted by atomic mass is 10.1. The summed E-state index contributed by atoms with van der Waals surface area (Å²) in [6.07, 6.45) is -3.67. The van der Waals surface area contributed by atoms with Gasteiger partial charge in [0.05, 0.1) is 6.61 Å². The molecule has 0 spiro atoms. The van der Waals surface area contributed by atoms with Crippen LogP contribution in [-0.2, 0) is 4.74 Å². The number of nitrogens with zero attached hydrogens (tertiary/aromatic N) is 3. The number of nitrogens with two attached hydrogens (primary N) is 1. The highest BCUT2D eigenvalue weighted by molar-refractivity contribution is 5.10.